The molecule has 29 heavy (non-hydrogen) atoms. The van der Waals surface area contributed by atoms with Gasteiger partial charge in [0.15, 0.2) is 0 Å². The molecular formula is C22H15N5OS. The Balaban J connectivity index is 1.59. The smallest absolute Gasteiger partial charge is 0.270 e. The van der Waals surface area contributed by atoms with Gasteiger partial charge >= 0.3 is 0 Å². The molecule has 2 aromatic carbocycles. The molecule has 4 rings (SSSR count). The Morgan fingerprint density at radius 3 is 2.66 bits per heavy atom. The van der Waals surface area contributed by atoms with Crippen molar-refractivity contribution in [2.45, 2.75) is 0 Å². The number of nitrogens with one attached hydrogen (secondary N) is 2. The fraction of sp³-hybridized carbons (Fsp3) is 0. The summed E-state index contributed by atoms with van der Waals surface area (Å²) in [6.07, 6.45) is 1.65. The molecule has 6 nitrogen and oxygen atoms in total. The quantitative estimate of drug-likeness (QED) is 0.383. The van der Waals surface area contributed by atoms with Crippen molar-refractivity contribution in [2.75, 3.05) is 5.43 Å². The van der Waals surface area contributed by atoms with E-state index in [9.17, 15) is 10.1 Å². The second-order valence-corrected chi connectivity index (χ2v) is 7.04. The van der Waals surface area contributed by atoms with E-state index in [2.05, 4.69) is 26.6 Å². The van der Waals surface area contributed by atoms with Gasteiger partial charge in [0.25, 0.3) is 5.56 Å². The van der Waals surface area contributed by atoms with Crippen molar-refractivity contribution in [2.24, 2.45) is 5.10 Å². The molecule has 0 aliphatic carbocycles. The zero-order valence-corrected chi connectivity index (χ0v) is 16.0. The third-order valence-electron chi connectivity index (χ3n) is 4.15. The summed E-state index contributed by atoms with van der Waals surface area (Å²) in [5.41, 5.74) is 5.21. The van der Waals surface area contributed by atoms with Gasteiger partial charge in [-0.1, -0.05) is 54.6 Å². The highest BCUT2D eigenvalue weighted by Gasteiger charge is 2.12. The summed E-state index contributed by atoms with van der Waals surface area (Å²) in [4.78, 5) is 20.4. The topological polar surface area (TPSA) is 93.9 Å². The number of nitrogens with zero attached hydrogens (tertiary/aromatic N) is 3. The van der Waals surface area contributed by atoms with Crippen LogP contribution in [-0.4, -0.2) is 16.2 Å². The van der Waals surface area contributed by atoms with Gasteiger partial charge in [-0.15, -0.1) is 11.3 Å². The number of hydrogen-bond acceptors (Lipinski definition) is 6. The highest BCUT2D eigenvalue weighted by atomic mass is 32.1. The van der Waals surface area contributed by atoms with Gasteiger partial charge in [0.05, 0.1) is 11.9 Å². The molecule has 0 saturated heterocycles. The Labute approximate surface area is 170 Å². The monoisotopic (exact) mass is 397 g/mol. The molecule has 0 bridgehead atoms. The molecule has 4 aromatic rings. The molecule has 0 unspecified atom stereocenters. The van der Waals surface area contributed by atoms with E-state index in [0.717, 1.165) is 11.1 Å². The maximum absolute atomic E-state index is 12.3. The van der Waals surface area contributed by atoms with Crippen molar-refractivity contribution in [3.05, 3.63) is 93.6 Å². The highest BCUT2D eigenvalue weighted by Crippen LogP contribution is 2.25. The van der Waals surface area contributed by atoms with Crippen LogP contribution in [0.25, 0.3) is 21.7 Å². The summed E-state index contributed by atoms with van der Waals surface area (Å²) in [5.74, 6) is 0.165. The van der Waals surface area contributed by atoms with Gasteiger partial charge < -0.3 is 0 Å². The van der Waals surface area contributed by atoms with Gasteiger partial charge in [-0.3, -0.25) is 9.78 Å². The summed E-state index contributed by atoms with van der Waals surface area (Å²) in [7, 11) is 0. The number of anilines is 1. The van der Waals surface area contributed by atoms with Crippen LogP contribution < -0.4 is 11.0 Å². The number of aromatic nitrogens is 2. The van der Waals surface area contributed by atoms with E-state index in [0.29, 0.717) is 11.3 Å². The molecule has 0 radical (unpaired) electrons. The van der Waals surface area contributed by atoms with Crippen LogP contribution in [0.3, 0.4) is 0 Å². The Hall–Kier alpha value is -4.02. The van der Waals surface area contributed by atoms with Crippen molar-refractivity contribution in [3.8, 4) is 27.8 Å². The van der Waals surface area contributed by atoms with Gasteiger partial charge in [-0.05, 0) is 28.6 Å². The lowest BCUT2D eigenvalue weighted by Gasteiger charge is -2.06. The average Bonchev–Trinajstić information content (AvgIpc) is 3.29. The van der Waals surface area contributed by atoms with Crippen LogP contribution in [0.5, 0.6) is 0 Å². The fourth-order valence-electron chi connectivity index (χ4n) is 2.82. The van der Waals surface area contributed by atoms with Crippen LogP contribution in [0, 0.1) is 11.3 Å². The maximum Gasteiger partial charge on any atom is 0.270 e. The minimum Gasteiger partial charge on any atom is -0.290 e. The van der Waals surface area contributed by atoms with Gasteiger partial charge in [0, 0.05) is 10.4 Å². The van der Waals surface area contributed by atoms with Crippen molar-refractivity contribution in [3.63, 3.8) is 0 Å². The summed E-state index contributed by atoms with van der Waals surface area (Å²) in [5, 5.41) is 15.5. The van der Waals surface area contributed by atoms with Crippen LogP contribution in [0.2, 0.25) is 0 Å². The van der Waals surface area contributed by atoms with Gasteiger partial charge in [-0.2, -0.15) is 10.4 Å². The first kappa shape index (κ1) is 18.3. The molecule has 0 aliphatic heterocycles. The van der Waals surface area contributed by atoms with Crippen LogP contribution >= 0.6 is 11.3 Å². The standard InChI is InChI=1S/C22H15N5OS/c23-13-18-20(16-7-2-1-3-8-16)25-22(26-21(18)28)27-24-14-15-6-4-9-17(12-15)19-10-5-11-29-19/h1-12,14H,(H2,25,26,27,28). The first-order valence-corrected chi connectivity index (χ1v) is 9.65. The number of H-pyrrole nitrogens is 1. The fourth-order valence-corrected chi connectivity index (χ4v) is 3.54. The number of hydrogen-bond donors (Lipinski definition) is 2. The first-order chi connectivity index (χ1) is 14.2. The van der Waals surface area contributed by atoms with Crippen molar-refractivity contribution in [1.29, 1.82) is 5.26 Å². The molecule has 2 heterocycles. The lowest BCUT2D eigenvalue weighted by molar-refractivity contribution is 1.08. The summed E-state index contributed by atoms with van der Waals surface area (Å²) >= 11 is 1.67. The molecule has 0 saturated carbocycles. The lowest BCUT2D eigenvalue weighted by Crippen LogP contribution is -2.16. The predicted molar refractivity (Wildman–Crippen MR) is 116 cm³/mol. The highest BCUT2D eigenvalue weighted by molar-refractivity contribution is 7.13. The van der Waals surface area contributed by atoms with Gasteiger partial charge in [0.1, 0.15) is 11.6 Å². The van der Waals surface area contributed by atoms with E-state index < -0.39 is 5.56 Å². The van der Waals surface area contributed by atoms with E-state index in [1.807, 2.05) is 60.0 Å². The van der Waals surface area contributed by atoms with Gasteiger partial charge in [0.2, 0.25) is 5.95 Å². The molecule has 0 amide bonds. The minimum atomic E-state index is -0.515. The van der Waals surface area contributed by atoms with E-state index in [-0.39, 0.29) is 11.5 Å². The predicted octanol–water partition coefficient (Wildman–Crippen LogP) is 4.48. The number of aromatic amines is 1. The molecule has 0 aliphatic rings. The van der Waals surface area contributed by atoms with Crippen molar-refractivity contribution >= 4 is 23.5 Å². The second kappa shape index (κ2) is 8.33. The summed E-state index contributed by atoms with van der Waals surface area (Å²) < 4.78 is 0. The molecular weight excluding hydrogens is 382 g/mol. The lowest BCUT2D eigenvalue weighted by atomic mass is 10.1. The number of thiophene rings is 1. The van der Waals surface area contributed by atoms with Gasteiger partial charge in [-0.25, -0.2) is 10.4 Å². The Morgan fingerprint density at radius 1 is 1.07 bits per heavy atom. The number of nitriles is 1. The zero-order chi connectivity index (χ0) is 20.1. The molecule has 0 fully saturated rings. The summed E-state index contributed by atoms with van der Waals surface area (Å²) in [6, 6.07) is 23.1. The van der Waals surface area contributed by atoms with E-state index >= 15 is 0 Å². The molecule has 2 N–H and O–H groups in total. The van der Waals surface area contributed by atoms with Crippen LogP contribution in [0.1, 0.15) is 11.1 Å². The van der Waals surface area contributed by atoms with E-state index in [1.165, 1.54) is 4.88 Å². The molecule has 0 atom stereocenters. The number of benzene rings is 2. The normalized spacial score (nSPS) is 10.7. The second-order valence-electron chi connectivity index (χ2n) is 6.09. The third kappa shape index (κ3) is 4.13. The van der Waals surface area contributed by atoms with Crippen LogP contribution in [-0.2, 0) is 0 Å². The third-order valence-corrected chi connectivity index (χ3v) is 5.07. The number of rotatable bonds is 5. The Kier molecular flexibility index (Phi) is 5.27. The minimum absolute atomic E-state index is 0.0330. The molecule has 140 valence electrons. The first-order valence-electron chi connectivity index (χ1n) is 8.77. The average molecular weight is 397 g/mol. The largest absolute Gasteiger partial charge is 0.290 e. The van der Waals surface area contributed by atoms with Crippen LogP contribution in [0.4, 0.5) is 5.95 Å². The van der Waals surface area contributed by atoms with Crippen molar-refractivity contribution in [1.82, 2.24) is 9.97 Å². The van der Waals surface area contributed by atoms with Crippen LogP contribution in [0.15, 0.2) is 82.0 Å². The SMILES string of the molecule is N#Cc1c(-c2ccccc2)nc(NN=Cc2cccc(-c3cccs3)c2)[nH]c1=O. The Morgan fingerprint density at radius 2 is 1.90 bits per heavy atom. The molecule has 7 heteroatoms. The van der Waals surface area contributed by atoms with E-state index in [4.69, 9.17) is 0 Å². The maximum atomic E-state index is 12.3. The van der Waals surface area contributed by atoms with Crippen molar-refractivity contribution < 1.29 is 0 Å². The molecule has 2 aromatic heterocycles. The Bertz CT molecular complexity index is 1250. The van der Waals surface area contributed by atoms with E-state index in [1.54, 1.807) is 29.7 Å². The zero-order valence-electron chi connectivity index (χ0n) is 15.2. The summed E-state index contributed by atoms with van der Waals surface area (Å²) in [6.45, 7) is 0. The number of hydrazone groups is 1. The molecule has 0 spiro atoms.